The summed E-state index contributed by atoms with van der Waals surface area (Å²) in [5, 5.41) is 2.87. The maximum Gasteiger partial charge on any atom is 0.243 e. The predicted octanol–water partition coefficient (Wildman–Crippen LogP) is 3.11. The molecule has 0 aromatic heterocycles. The van der Waals surface area contributed by atoms with Crippen molar-refractivity contribution in [1.29, 1.82) is 0 Å². The van der Waals surface area contributed by atoms with Crippen LogP contribution in [0.1, 0.15) is 49.8 Å². The summed E-state index contributed by atoms with van der Waals surface area (Å²) in [5.74, 6) is -0.479. The van der Waals surface area contributed by atoms with E-state index < -0.39 is 15.4 Å². The van der Waals surface area contributed by atoms with Gasteiger partial charge in [0.25, 0.3) is 0 Å². The highest BCUT2D eigenvalue weighted by atomic mass is 32.2. The smallest absolute Gasteiger partial charge is 0.243 e. The molecule has 2 amide bonds. The molecule has 1 saturated heterocycles. The second kappa shape index (κ2) is 8.91. The number of sulfonamides is 1. The first-order valence-corrected chi connectivity index (χ1v) is 12.8. The average Bonchev–Trinajstić information content (AvgIpc) is 2.99. The SMILES string of the molecule is Cc1ccc(CNC(=O)CN2C(=O)C(C)(C)c3cc(S(=O)(=O)N4CCCCC4)ccc32)cc1. The van der Waals surface area contributed by atoms with Gasteiger partial charge in [-0.1, -0.05) is 36.2 Å². The number of amides is 2. The van der Waals surface area contributed by atoms with Crippen molar-refractivity contribution in [2.45, 2.75) is 56.9 Å². The minimum atomic E-state index is -3.61. The van der Waals surface area contributed by atoms with Crippen molar-refractivity contribution in [2.24, 2.45) is 0 Å². The maximum atomic E-state index is 13.2. The topological polar surface area (TPSA) is 86.8 Å². The van der Waals surface area contributed by atoms with E-state index in [0.29, 0.717) is 30.9 Å². The fourth-order valence-electron chi connectivity index (χ4n) is 4.49. The lowest BCUT2D eigenvalue weighted by molar-refractivity contribution is -0.125. The van der Waals surface area contributed by atoms with Crippen LogP contribution in [0.5, 0.6) is 0 Å². The zero-order valence-electron chi connectivity index (χ0n) is 19.4. The molecule has 0 radical (unpaired) electrons. The molecule has 176 valence electrons. The molecule has 2 aliphatic rings. The number of rotatable bonds is 6. The number of piperidine rings is 1. The second-order valence-electron chi connectivity index (χ2n) is 9.42. The quantitative estimate of drug-likeness (QED) is 0.704. The fourth-order valence-corrected chi connectivity index (χ4v) is 6.03. The molecule has 1 fully saturated rings. The Balaban J connectivity index is 1.53. The van der Waals surface area contributed by atoms with Crippen molar-refractivity contribution in [3.8, 4) is 0 Å². The van der Waals surface area contributed by atoms with Crippen molar-refractivity contribution in [3.63, 3.8) is 0 Å². The van der Waals surface area contributed by atoms with Crippen LogP contribution < -0.4 is 10.2 Å². The van der Waals surface area contributed by atoms with Crippen molar-refractivity contribution in [2.75, 3.05) is 24.5 Å². The molecule has 0 unspecified atom stereocenters. The lowest BCUT2D eigenvalue weighted by Crippen LogP contribution is -2.42. The van der Waals surface area contributed by atoms with E-state index in [-0.39, 0.29) is 23.3 Å². The third-order valence-electron chi connectivity index (χ3n) is 6.58. The predicted molar refractivity (Wildman–Crippen MR) is 127 cm³/mol. The van der Waals surface area contributed by atoms with Crippen LogP contribution in [0.2, 0.25) is 0 Å². The zero-order valence-corrected chi connectivity index (χ0v) is 20.2. The van der Waals surface area contributed by atoms with E-state index in [9.17, 15) is 18.0 Å². The standard InChI is InChI=1S/C25H31N3O4S/c1-18-7-9-19(10-8-18)16-26-23(29)17-28-22-12-11-20(15-21(22)25(2,3)24(28)30)33(31,32)27-13-5-4-6-14-27/h7-12,15H,4-6,13-14,16-17H2,1-3H3,(H,26,29). The van der Waals surface area contributed by atoms with Crippen molar-refractivity contribution in [1.82, 2.24) is 9.62 Å². The Labute approximate surface area is 195 Å². The molecule has 0 spiro atoms. The first kappa shape index (κ1) is 23.4. The Bertz CT molecular complexity index is 1170. The van der Waals surface area contributed by atoms with Crippen LogP contribution in [0.25, 0.3) is 0 Å². The van der Waals surface area contributed by atoms with Crippen LogP contribution in [0, 0.1) is 6.92 Å². The monoisotopic (exact) mass is 469 g/mol. The van der Waals surface area contributed by atoms with Crippen molar-refractivity contribution >= 4 is 27.5 Å². The van der Waals surface area contributed by atoms with Crippen LogP contribution in [0.4, 0.5) is 5.69 Å². The number of carbonyl (C=O) groups is 2. The number of hydrogen-bond donors (Lipinski definition) is 1. The Morgan fingerprint density at radius 3 is 2.36 bits per heavy atom. The first-order valence-electron chi connectivity index (χ1n) is 11.4. The van der Waals surface area contributed by atoms with E-state index in [4.69, 9.17) is 0 Å². The molecular weight excluding hydrogens is 438 g/mol. The van der Waals surface area contributed by atoms with E-state index >= 15 is 0 Å². The van der Waals surface area contributed by atoms with Gasteiger partial charge in [-0.2, -0.15) is 4.31 Å². The van der Waals surface area contributed by atoms with E-state index in [1.807, 2.05) is 31.2 Å². The van der Waals surface area contributed by atoms with Gasteiger partial charge in [-0.25, -0.2) is 8.42 Å². The second-order valence-corrected chi connectivity index (χ2v) is 11.4. The van der Waals surface area contributed by atoms with E-state index in [1.54, 1.807) is 32.0 Å². The molecule has 4 rings (SSSR count). The summed E-state index contributed by atoms with van der Waals surface area (Å²) >= 11 is 0. The molecule has 33 heavy (non-hydrogen) atoms. The van der Waals surface area contributed by atoms with E-state index in [0.717, 1.165) is 30.4 Å². The number of benzene rings is 2. The van der Waals surface area contributed by atoms with Crippen molar-refractivity contribution < 1.29 is 18.0 Å². The molecule has 2 aromatic carbocycles. The molecule has 2 aliphatic heterocycles. The zero-order chi connectivity index (χ0) is 23.8. The number of nitrogens with zero attached hydrogens (tertiary/aromatic N) is 2. The molecular formula is C25H31N3O4S. The summed E-state index contributed by atoms with van der Waals surface area (Å²) in [6, 6.07) is 12.7. The molecule has 7 nitrogen and oxygen atoms in total. The van der Waals surface area contributed by atoms with Gasteiger partial charge in [-0.15, -0.1) is 0 Å². The number of anilines is 1. The van der Waals surface area contributed by atoms with Crippen LogP contribution >= 0.6 is 0 Å². The summed E-state index contributed by atoms with van der Waals surface area (Å²) in [6.07, 6.45) is 2.76. The highest BCUT2D eigenvalue weighted by Crippen LogP contribution is 2.42. The van der Waals surface area contributed by atoms with Crippen LogP contribution in [0.3, 0.4) is 0 Å². The number of fused-ring (bicyclic) bond motifs is 1. The molecule has 0 saturated carbocycles. The van der Waals surface area contributed by atoms with Crippen LogP contribution in [-0.4, -0.2) is 44.2 Å². The molecule has 2 aromatic rings. The van der Waals surface area contributed by atoms with Gasteiger partial charge in [-0.05, 0) is 62.9 Å². The van der Waals surface area contributed by atoms with Gasteiger partial charge in [0.15, 0.2) is 0 Å². The summed E-state index contributed by atoms with van der Waals surface area (Å²) < 4.78 is 27.8. The van der Waals surface area contributed by atoms with Gasteiger partial charge in [-0.3, -0.25) is 9.59 Å². The maximum absolute atomic E-state index is 13.2. The fraction of sp³-hybridized carbons (Fsp3) is 0.440. The van der Waals surface area contributed by atoms with Gasteiger partial charge in [0, 0.05) is 25.3 Å². The molecule has 8 heteroatoms. The minimum Gasteiger partial charge on any atom is -0.350 e. The Kier molecular flexibility index (Phi) is 6.33. The summed E-state index contributed by atoms with van der Waals surface area (Å²) in [6.45, 7) is 6.86. The van der Waals surface area contributed by atoms with Gasteiger partial charge in [0.1, 0.15) is 6.54 Å². The lowest BCUT2D eigenvalue weighted by Gasteiger charge is -2.26. The van der Waals surface area contributed by atoms with E-state index in [2.05, 4.69) is 5.32 Å². The summed E-state index contributed by atoms with van der Waals surface area (Å²) in [7, 11) is -3.61. The average molecular weight is 470 g/mol. The number of nitrogens with one attached hydrogen (secondary N) is 1. The normalized spacial score (nSPS) is 18.3. The molecule has 1 N–H and O–H groups in total. The summed E-state index contributed by atoms with van der Waals surface area (Å²) in [5.41, 5.74) is 2.44. The molecule has 2 heterocycles. The number of hydrogen-bond acceptors (Lipinski definition) is 4. The van der Waals surface area contributed by atoms with Gasteiger partial charge < -0.3 is 10.2 Å². The van der Waals surface area contributed by atoms with Gasteiger partial charge in [0.05, 0.1) is 10.3 Å². The van der Waals surface area contributed by atoms with Gasteiger partial charge in [0.2, 0.25) is 21.8 Å². The molecule has 0 aliphatic carbocycles. The highest BCUT2D eigenvalue weighted by Gasteiger charge is 2.45. The van der Waals surface area contributed by atoms with E-state index in [1.165, 1.54) is 9.21 Å². The highest BCUT2D eigenvalue weighted by molar-refractivity contribution is 7.89. The Hall–Kier alpha value is -2.71. The third kappa shape index (κ3) is 4.54. The summed E-state index contributed by atoms with van der Waals surface area (Å²) in [4.78, 5) is 27.5. The number of aryl methyl sites for hydroxylation is 1. The first-order chi connectivity index (χ1) is 15.6. The molecule has 0 bridgehead atoms. The largest absolute Gasteiger partial charge is 0.350 e. The van der Waals surface area contributed by atoms with Crippen LogP contribution in [-0.2, 0) is 31.6 Å². The Morgan fingerprint density at radius 2 is 1.70 bits per heavy atom. The number of carbonyl (C=O) groups excluding carboxylic acids is 2. The lowest BCUT2D eigenvalue weighted by atomic mass is 9.86. The minimum absolute atomic E-state index is 0.112. The van der Waals surface area contributed by atoms with Gasteiger partial charge >= 0.3 is 0 Å². The molecule has 0 atom stereocenters. The van der Waals surface area contributed by atoms with Crippen LogP contribution in [0.15, 0.2) is 47.4 Å². The van der Waals surface area contributed by atoms with Crippen molar-refractivity contribution in [3.05, 3.63) is 59.2 Å². The Morgan fingerprint density at radius 1 is 1.03 bits per heavy atom. The third-order valence-corrected chi connectivity index (χ3v) is 8.47.